The van der Waals surface area contributed by atoms with Gasteiger partial charge >= 0.3 is 0 Å². The van der Waals surface area contributed by atoms with E-state index in [4.69, 9.17) is 16.0 Å². The second-order valence-corrected chi connectivity index (χ2v) is 10.3. The first-order chi connectivity index (χ1) is 13.7. The fraction of sp³-hybridized carbons (Fsp3) is 0.318. The minimum Gasteiger partial charge on any atom is -0.451 e. The second-order valence-electron chi connectivity index (χ2n) is 7.67. The van der Waals surface area contributed by atoms with Gasteiger partial charge < -0.3 is 9.32 Å². The Morgan fingerprint density at radius 1 is 1.17 bits per heavy atom. The van der Waals surface area contributed by atoms with Gasteiger partial charge in [0.1, 0.15) is 5.58 Å². The molecular formula is C22H22ClNO4S. The number of fused-ring (bicyclic) bond motifs is 1. The van der Waals surface area contributed by atoms with Crippen LogP contribution in [-0.4, -0.2) is 36.8 Å². The summed E-state index contributed by atoms with van der Waals surface area (Å²) in [5, 5.41) is 1.50. The predicted octanol–water partition coefficient (Wildman–Crippen LogP) is 4.53. The monoisotopic (exact) mass is 431 g/mol. The van der Waals surface area contributed by atoms with Gasteiger partial charge in [0.2, 0.25) is 0 Å². The van der Waals surface area contributed by atoms with Gasteiger partial charge in [-0.15, -0.1) is 0 Å². The van der Waals surface area contributed by atoms with Crippen molar-refractivity contribution in [2.24, 2.45) is 0 Å². The second kappa shape index (κ2) is 7.50. The first kappa shape index (κ1) is 20.0. The van der Waals surface area contributed by atoms with Crippen LogP contribution >= 0.6 is 11.6 Å². The van der Waals surface area contributed by atoms with Crippen molar-refractivity contribution in [3.63, 3.8) is 0 Å². The number of nitrogens with zero attached hydrogens (tertiary/aromatic N) is 1. The molecule has 0 bridgehead atoms. The molecule has 29 heavy (non-hydrogen) atoms. The van der Waals surface area contributed by atoms with E-state index in [0.29, 0.717) is 23.6 Å². The summed E-state index contributed by atoms with van der Waals surface area (Å²) < 4.78 is 30.1. The molecule has 5 nitrogen and oxygen atoms in total. The van der Waals surface area contributed by atoms with Crippen LogP contribution in [0.1, 0.15) is 33.7 Å². The molecule has 1 aliphatic rings. The number of carbonyl (C=O) groups excluding carboxylic acids is 1. The highest BCUT2D eigenvalue weighted by Crippen LogP contribution is 2.30. The number of aryl methyl sites for hydroxylation is 2. The number of halogens is 1. The number of sulfone groups is 1. The van der Waals surface area contributed by atoms with Gasteiger partial charge in [0, 0.05) is 28.6 Å². The van der Waals surface area contributed by atoms with Crippen LogP contribution in [0.15, 0.2) is 46.9 Å². The molecule has 1 saturated heterocycles. The Balaban J connectivity index is 1.73. The van der Waals surface area contributed by atoms with Gasteiger partial charge in [-0.3, -0.25) is 4.79 Å². The lowest BCUT2D eigenvalue weighted by atomic mass is 10.1. The Labute approximate surface area is 175 Å². The first-order valence-electron chi connectivity index (χ1n) is 9.49. The topological polar surface area (TPSA) is 67.6 Å². The summed E-state index contributed by atoms with van der Waals surface area (Å²) in [5.74, 6) is 0.0581. The SMILES string of the molecule is Cc1ccc2c(C)c(C(=O)N(Cc3ccc(Cl)cc3)[C@@H]3CCS(=O)(=O)C3)oc2c1. The molecule has 1 atom stereocenters. The molecule has 1 amide bonds. The lowest BCUT2D eigenvalue weighted by Gasteiger charge is -2.28. The molecule has 0 saturated carbocycles. The van der Waals surface area contributed by atoms with Gasteiger partial charge in [-0.25, -0.2) is 8.42 Å². The van der Waals surface area contributed by atoms with Crippen LogP contribution in [0.3, 0.4) is 0 Å². The van der Waals surface area contributed by atoms with Crippen LogP contribution < -0.4 is 0 Å². The smallest absolute Gasteiger partial charge is 0.290 e. The molecule has 0 radical (unpaired) electrons. The standard InChI is InChI=1S/C22H22ClNO4S/c1-14-3-8-19-15(2)21(28-20(19)11-14)22(25)24(18-9-10-29(26,27)13-18)12-16-4-6-17(23)7-5-16/h3-8,11,18H,9-10,12-13H2,1-2H3/t18-/m1/s1. The van der Waals surface area contributed by atoms with Crippen LogP contribution in [-0.2, 0) is 16.4 Å². The maximum absolute atomic E-state index is 13.5. The van der Waals surface area contributed by atoms with Crippen LogP contribution in [0.2, 0.25) is 5.02 Å². The Morgan fingerprint density at radius 3 is 2.55 bits per heavy atom. The molecule has 3 aromatic rings. The molecule has 1 aliphatic heterocycles. The van der Waals surface area contributed by atoms with Crippen LogP contribution in [0.25, 0.3) is 11.0 Å². The highest BCUT2D eigenvalue weighted by Gasteiger charge is 2.36. The zero-order chi connectivity index (χ0) is 20.8. The quantitative estimate of drug-likeness (QED) is 0.608. The van der Waals surface area contributed by atoms with Crippen molar-refractivity contribution >= 4 is 38.3 Å². The number of carbonyl (C=O) groups is 1. The minimum atomic E-state index is -3.14. The van der Waals surface area contributed by atoms with Crippen LogP contribution in [0, 0.1) is 13.8 Å². The van der Waals surface area contributed by atoms with E-state index in [1.807, 2.05) is 44.2 Å². The Morgan fingerprint density at radius 2 is 1.90 bits per heavy atom. The summed E-state index contributed by atoms with van der Waals surface area (Å²) in [6, 6.07) is 12.7. The molecule has 1 fully saturated rings. The molecule has 1 aromatic heterocycles. The fourth-order valence-corrected chi connectivity index (χ4v) is 5.70. The fourth-order valence-electron chi connectivity index (χ4n) is 3.84. The molecule has 152 valence electrons. The largest absolute Gasteiger partial charge is 0.451 e. The van der Waals surface area contributed by atoms with Gasteiger partial charge in [0.15, 0.2) is 15.6 Å². The highest BCUT2D eigenvalue weighted by molar-refractivity contribution is 7.91. The molecular weight excluding hydrogens is 410 g/mol. The minimum absolute atomic E-state index is 0.0231. The summed E-state index contributed by atoms with van der Waals surface area (Å²) in [7, 11) is -3.14. The zero-order valence-corrected chi connectivity index (χ0v) is 17.9. The van der Waals surface area contributed by atoms with Crippen molar-refractivity contribution < 1.29 is 17.6 Å². The van der Waals surface area contributed by atoms with Gasteiger partial charge in [-0.05, 0) is 49.6 Å². The maximum atomic E-state index is 13.5. The maximum Gasteiger partial charge on any atom is 0.290 e. The molecule has 0 spiro atoms. The zero-order valence-electron chi connectivity index (χ0n) is 16.3. The number of furan rings is 1. The summed E-state index contributed by atoms with van der Waals surface area (Å²) in [6.45, 7) is 4.13. The van der Waals surface area contributed by atoms with E-state index in [0.717, 1.165) is 22.1 Å². The summed E-state index contributed by atoms with van der Waals surface area (Å²) in [4.78, 5) is 15.1. The third-order valence-electron chi connectivity index (χ3n) is 5.46. The lowest BCUT2D eigenvalue weighted by molar-refractivity contribution is 0.0649. The van der Waals surface area contributed by atoms with Gasteiger partial charge in [-0.2, -0.15) is 0 Å². The third kappa shape index (κ3) is 4.05. The van der Waals surface area contributed by atoms with Crippen molar-refractivity contribution in [2.45, 2.75) is 32.9 Å². The van der Waals surface area contributed by atoms with Crippen LogP contribution in [0.5, 0.6) is 0 Å². The first-order valence-corrected chi connectivity index (χ1v) is 11.7. The van der Waals surface area contributed by atoms with Crippen LogP contribution in [0.4, 0.5) is 0 Å². The molecule has 7 heteroatoms. The third-order valence-corrected chi connectivity index (χ3v) is 7.47. The van der Waals surface area contributed by atoms with Gasteiger partial charge in [0.05, 0.1) is 11.5 Å². The summed E-state index contributed by atoms with van der Waals surface area (Å²) in [6.07, 6.45) is 0.431. The average molecular weight is 432 g/mol. The number of hydrogen-bond donors (Lipinski definition) is 0. The van der Waals surface area contributed by atoms with Gasteiger partial charge in [-0.1, -0.05) is 35.9 Å². The molecule has 0 N–H and O–H groups in total. The van der Waals surface area contributed by atoms with Crippen molar-refractivity contribution in [1.29, 1.82) is 0 Å². The molecule has 2 heterocycles. The van der Waals surface area contributed by atoms with Crippen molar-refractivity contribution in [3.8, 4) is 0 Å². The molecule has 2 aromatic carbocycles. The average Bonchev–Trinajstić information content (AvgIpc) is 3.19. The van der Waals surface area contributed by atoms with E-state index in [1.165, 1.54) is 0 Å². The van der Waals surface area contributed by atoms with E-state index in [1.54, 1.807) is 17.0 Å². The number of amides is 1. The molecule has 4 rings (SSSR count). The summed E-state index contributed by atoms with van der Waals surface area (Å²) >= 11 is 5.97. The van der Waals surface area contributed by atoms with E-state index < -0.39 is 9.84 Å². The van der Waals surface area contributed by atoms with Crippen molar-refractivity contribution in [1.82, 2.24) is 4.90 Å². The van der Waals surface area contributed by atoms with E-state index in [2.05, 4.69) is 0 Å². The Bertz CT molecular complexity index is 1180. The normalized spacial score (nSPS) is 18.2. The summed E-state index contributed by atoms with van der Waals surface area (Å²) in [5.41, 5.74) is 3.37. The molecule has 0 aliphatic carbocycles. The lowest BCUT2D eigenvalue weighted by Crippen LogP contribution is -2.40. The predicted molar refractivity (Wildman–Crippen MR) is 114 cm³/mol. The Kier molecular flexibility index (Phi) is 5.17. The van der Waals surface area contributed by atoms with E-state index in [-0.39, 0.29) is 29.2 Å². The van der Waals surface area contributed by atoms with Crippen molar-refractivity contribution in [3.05, 3.63) is 69.9 Å². The molecule has 0 unspecified atom stereocenters. The van der Waals surface area contributed by atoms with Crippen molar-refractivity contribution in [2.75, 3.05) is 11.5 Å². The van der Waals surface area contributed by atoms with E-state index >= 15 is 0 Å². The van der Waals surface area contributed by atoms with E-state index in [9.17, 15) is 13.2 Å². The van der Waals surface area contributed by atoms with Gasteiger partial charge in [0.25, 0.3) is 5.91 Å². The highest BCUT2D eigenvalue weighted by atomic mass is 35.5. The Hall–Kier alpha value is -2.31. The number of hydrogen-bond acceptors (Lipinski definition) is 4. The number of benzene rings is 2. The number of rotatable bonds is 4.